The van der Waals surface area contributed by atoms with Crippen molar-refractivity contribution in [2.45, 2.75) is 32.7 Å². The Balaban J connectivity index is 1.84. The minimum Gasteiger partial charge on any atom is -0.395 e. The number of aromatic nitrogens is 2. The molecule has 17 heavy (non-hydrogen) atoms. The van der Waals surface area contributed by atoms with Crippen LogP contribution in [0.5, 0.6) is 0 Å². The average Bonchev–Trinajstić information content (AvgIpc) is 3.02. The lowest BCUT2D eigenvalue weighted by Crippen LogP contribution is -2.37. The molecule has 0 bridgehead atoms. The van der Waals surface area contributed by atoms with Gasteiger partial charge >= 0.3 is 0 Å². The Morgan fingerprint density at radius 3 is 2.88 bits per heavy atom. The molecular weight excluding hydrogens is 218 g/mol. The van der Waals surface area contributed by atoms with Gasteiger partial charge in [0, 0.05) is 12.7 Å². The second-order valence-electron chi connectivity index (χ2n) is 5.00. The molecule has 1 fully saturated rings. The number of aryl methyl sites for hydroxylation is 1. The van der Waals surface area contributed by atoms with Crippen molar-refractivity contribution in [2.24, 2.45) is 5.41 Å². The van der Waals surface area contributed by atoms with Gasteiger partial charge in [-0.25, -0.2) is 0 Å². The summed E-state index contributed by atoms with van der Waals surface area (Å²) in [5.41, 5.74) is 0.622. The molecule has 1 amide bonds. The Hall–Kier alpha value is -1.36. The molecule has 0 spiro atoms. The van der Waals surface area contributed by atoms with Crippen LogP contribution in [0.2, 0.25) is 0 Å². The minimum atomic E-state index is -0.486. The lowest BCUT2D eigenvalue weighted by molar-refractivity contribution is -0.127. The molecule has 5 nitrogen and oxygen atoms in total. The van der Waals surface area contributed by atoms with E-state index in [-0.39, 0.29) is 18.6 Å². The first-order chi connectivity index (χ1) is 8.07. The predicted octanol–water partition coefficient (Wildman–Crippen LogP) is 0.641. The van der Waals surface area contributed by atoms with Crippen molar-refractivity contribution in [1.29, 1.82) is 0 Å². The molecule has 94 valence electrons. The molecule has 0 saturated heterocycles. The Morgan fingerprint density at radius 1 is 1.71 bits per heavy atom. The molecule has 1 aliphatic carbocycles. The van der Waals surface area contributed by atoms with E-state index in [0.717, 1.165) is 18.4 Å². The molecule has 0 radical (unpaired) electrons. The van der Waals surface area contributed by atoms with E-state index in [1.165, 1.54) is 0 Å². The number of carbonyl (C=O) groups is 1. The summed E-state index contributed by atoms with van der Waals surface area (Å²) in [4.78, 5) is 11.8. The van der Waals surface area contributed by atoms with Crippen molar-refractivity contribution in [3.63, 3.8) is 0 Å². The number of nitrogens with zero attached hydrogens (tertiary/aromatic N) is 2. The van der Waals surface area contributed by atoms with Gasteiger partial charge in [0.15, 0.2) is 0 Å². The van der Waals surface area contributed by atoms with Gasteiger partial charge < -0.3 is 10.4 Å². The van der Waals surface area contributed by atoms with Gasteiger partial charge in [-0.1, -0.05) is 0 Å². The summed E-state index contributed by atoms with van der Waals surface area (Å²) in [6.45, 7) is 4.49. The van der Waals surface area contributed by atoms with E-state index in [1.54, 1.807) is 6.20 Å². The van der Waals surface area contributed by atoms with Gasteiger partial charge in [-0.2, -0.15) is 5.10 Å². The lowest BCUT2D eigenvalue weighted by atomic mass is 10.1. The number of hydrogen-bond acceptors (Lipinski definition) is 3. The summed E-state index contributed by atoms with van der Waals surface area (Å²) in [6, 6.07) is 0.127. The van der Waals surface area contributed by atoms with Crippen LogP contribution in [0.4, 0.5) is 0 Å². The molecule has 1 heterocycles. The first-order valence-electron chi connectivity index (χ1n) is 5.97. The maximum Gasteiger partial charge on any atom is 0.228 e. The van der Waals surface area contributed by atoms with Crippen molar-refractivity contribution in [2.75, 3.05) is 13.2 Å². The molecule has 2 N–H and O–H groups in total. The number of aliphatic hydroxyl groups is 1. The summed E-state index contributed by atoms with van der Waals surface area (Å²) in [6.07, 6.45) is 5.35. The van der Waals surface area contributed by atoms with Crippen LogP contribution >= 0.6 is 0 Å². The first-order valence-corrected chi connectivity index (χ1v) is 5.97. The number of hydrogen-bond donors (Lipinski definition) is 2. The van der Waals surface area contributed by atoms with E-state index >= 15 is 0 Å². The molecule has 1 aromatic rings. The molecule has 0 aliphatic heterocycles. The van der Waals surface area contributed by atoms with Crippen molar-refractivity contribution >= 4 is 5.91 Å². The zero-order valence-corrected chi connectivity index (χ0v) is 10.3. The van der Waals surface area contributed by atoms with Gasteiger partial charge in [-0.15, -0.1) is 0 Å². The third-order valence-electron chi connectivity index (χ3n) is 3.38. The molecule has 2 rings (SSSR count). The van der Waals surface area contributed by atoms with Crippen molar-refractivity contribution in [1.82, 2.24) is 15.1 Å². The number of amides is 1. The smallest absolute Gasteiger partial charge is 0.228 e. The summed E-state index contributed by atoms with van der Waals surface area (Å²) >= 11 is 0. The highest BCUT2D eigenvalue weighted by molar-refractivity contribution is 5.85. The molecule has 5 heteroatoms. The van der Waals surface area contributed by atoms with Gasteiger partial charge in [-0.3, -0.25) is 9.48 Å². The Bertz CT molecular complexity index is 410. The topological polar surface area (TPSA) is 67.2 Å². The first kappa shape index (κ1) is 12.1. The SMILES string of the molecule is Cc1cnn([C@H](C)CNC(=O)C2(CO)CC2)c1. The minimum absolute atomic E-state index is 0.0317. The average molecular weight is 237 g/mol. The molecule has 0 unspecified atom stereocenters. The Kier molecular flexibility index (Phi) is 3.19. The number of carbonyl (C=O) groups excluding carboxylic acids is 1. The van der Waals surface area contributed by atoms with Gasteiger partial charge in [0.1, 0.15) is 0 Å². The normalized spacial score (nSPS) is 18.8. The van der Waals surface area contributed by atoms with E-state index in [2.05, 4.69) is 10.4 Å². The maximum atomic E-state index is 11.8. The third kappa shape index (κ3) is 2.49. The highest BCUT2D eigenvalue weighted by Gasteiger charge is 2.49. The van der Waals surface area contributed by atoms with Gasteiger partial charge in [0.05, 0.1) is 24.3 Å². The molecule has 1 aromatic heterocycles. The van der Waals surface area contributed by atoms with Crippen molar-refractivity contribution < 1.29 is 9.90 Å². The molecule has 0 aromatic carbocycles. The van der Waals surface area contributed by atoms with Crippen LogP contribution in [0.15, 0.2) is 12.4 Å². The summed E-state index contributed by atoms with van der Waals surface area (Å²) in [7, 11) is 0. The fourth-order valence-corrected chi connectivity index (χ4v) is 1.80. The highest BCUT2D eigenvalue weighted by atomic mass is 16.3. The molecule has 1 atom stereocenters. The summed E-state index contributed by atoms with van der Waals surface area (Å²) in [5, 5.41) is 16.2. The van der Waals surface area contributed by atoms with Crippen LogP contribution in [0.25, 0.3) is 0 Å². The van der Waals surface area contributed by atoms with E-state index in [1.807, 2.05) is 24.7 Å². The van der Waals surface area contributed by atoms with Crippen LogP contribution in [0, 0.1) is 12.3 Å². The number of nitrogens with one attached hydrogen (secondary N) is 1. The monoisotopic (exact) mass is 237 g/mol. The Labute approximate surface area is 101 Å². The van der Waals surface area contributed by atoms with Crippen LogP contribution in [-0.4, -0.2) is 33.9 Å². The number of aliphatic hydroxyl groups excluding tert-OH is 1. The van der Waals surface area contributed by atoms with E-state index in [0.29, 0.717) is 6.54 Å². The van der Waals surface area contributed by atoms with Gasteiger partial charge in [0.25, 0.3) is 0 Å². The molecule has 1 aliphatic rings. The zero-order chi connectivity index (χ0) is 12.5. The van der Waals surface area contributed by atoms with Crippen molar-refractivity contribution in [3.8, 4) is 0 Å². The second-order valence-corrected chi connectivity index (χ2v) is 5.00. The lowest BCUT2D eigenvalue weighted by Gasteiger charge is -2.16. The standard InChI is InChI=1S/C12H19N3O2/c1-9-5-14-15(7-9)10(2)6-13-11(17)12(8-16)3-4-12/h5,7,10,16H,3-4,6,8H2,1-2H3,(H,13,17)/t10-/m1/s1. The second kappa shape index (κ2) is 4.49. The van der Waals surface area contributed by atoms with E-state index in [4.69, 9.17) is 5.11 Å². The largest absolute Gasteiger partial charge is 0.395 e. The van der Waals surface area contributed by atoms with Crippen LogP contribution < -0.4 is 5.32 Å². The van der Waals surface area contributed by atoms with Crippen LogP contribution in [-0.2, 0) is 4.79 Å². The fraction of sp³-hybridized carbons (Fsp3) is 0.667. The number of rotatable bonds is 5. The van der Waals surface area contributed by atoms with Crippen LogP contribution in [0.1, 0.15) is 31.4 Å². The maximum absolute atomic E-state index is 11.8. The molecule has 1 saturated carbocycles. The van der Waals surface area contributed by atoms with E-state index in [9.17, 15) is 4.79 Å². The van der Waals surface area contributed by atoms with Gasteiger partial charge in [0.2, 0.25) is 5.91 Å². The molecular formula is C12H19N3O2. The third-order valence-corrected chi connectivity index (χ3v) is 3.38. The predicted molar refractivity (Wildman–Crippen MR) is 63.4 cm³/mol. The fourth-order valence-electron chi connectivity index (χ4n) is 1.80. The van der Waals surface area contributed by atoms with Crippen LogP contribution in [0.3, 0.4) is 0 Å². The summed E-state index contributed by atoms with van der Waals surface area (Å²) < 4.78 is 1.84. The zero-order valence-electron chi connectivity index (χ0n) is 10.3. The summed E-state index contributed by atoms with van der Waals surface area (Å²) in [5.74, 6) is -0.0317. The quantitative estimate of drug-likeness (QED) is 0.789. The van der Waals surface area contributed by atoms with Gasteiger partial charge in [-0.05, 0) is 32.3 Å². The highest BCUT2D eigenvalue weighted by Crippen LogP contribution is 2.45. The van der Waals surface area contributed by atoms with Crippen molar-refractivity contribution in [3.05, 3.63) is 18.0 Å². The Morgan fingerprint density at radius 2 is 2.41 bits per heavy atom. The van der Waals surface area contributed by atoms with E-state index < -0.39 is 5.41 Å².